The number of aliphatic carboxylic acids is 1. The van der Waals surface area contributed by atoms with Crippen molar-refractivity contribution >= 4 is 24.1 Å². The number of benzene rings is 3. The van der Waals surface area contributed by atoms with Gasteiger partial charge in [0.05, 0.1) is 35.6 Å². The highest BCUT2D eigenvalue weighted by atomic mass is 31.2. The number of aliphatic hydroxyl groups excluding tert-OH is 1. The van der Waals surface area contributed by atoms with Crippen molar-refractivity contribution in [2.24, 2.45) is 0 Å². The summed E-state index contributed by atoms with van der Waals surface area (Å²) in [7, 11) is -4.20. The van der Waals surface area contributed by atoms with Crippen molar-refractivity contribution in [3.05, 3.63) is 89.9 Å². The van der Waals surface area contributed by atoms with E-state index in [2.05, 4.69) is 11.6 Å². The van der Waals surface area contributed by atoms with Gasteiger partial charge in [0.2, 0.25) is 0 Å². The molecule has 194 valence electrons. The van der Waals surface area contributed by atoms with Crippen LogP contribution >= 0.6 is 7.37 Å². The second kappa shape index (κ2) is 11.3. The summed E-state index contributed by atoms with van der Waals surface area (Å²) in [5, 5.41) is 20.8. The summed E-state index contributed by atoms with van der Waals surface area (Å²) in [6, 6.07) is 21.6. The number of nitrogens with zero attached hydrogens (tertiary/aromatic N) is 1. The first-order valence-corrected chi connectivity index (χ1v) is 13.9. The Kier molecular flexibility index (Phi) is 8.08. The minimum Gasteiger partial charge on any atom is -0.481 e. The topological polar surface area (TPSA) is 108 Å². The number of halogens is 1. The van der Waals surface area contributed by atoms with Crippen LogP contribution in [0.3, 0.4) is 0 Å². The first kappa shape index (κ1) is 27.2. The summed E-state index contributed by atoms with van der Waals surface area (Å²) < 4.78 is 26.5. The van der Waals surface area contributed by atoms with Crippen LogP contribution in [0.5, 0.6) is 0 Å². The lowest BCUT2D eigenvalue weighted by molar-refractivity contribution is -0.138. The number of carboxylic acids is 1. The lowest BCUT2D eigenvalue weighted by Gasteiger charge is -2.17. The van der Waals surface area contributed by atoms with Gasteiger partial charge in [-0.05, 0) is 46.1 Å². The average Bonchev–Trinajstić information content (AvgIpc) is 2.86. The minimum atomic E-state index is -4.20. The number of hydrogen-bond donors (Lipinski definition) is 3. The van der Waals surface area contributed by atoms with Crippen molar-refractivity contribution in [3.63, 3.8) is 0 Å². The Morgan fingerprint density at radius 1 is 1.03 bits per heavy atom. The molecule has 2 unspecified atom stereocenters. The summed E-state index contributed by atoms with van der Waals surface area (Å²) in [6.45, 7) is 3.87. The molecule has 2 atom stereocenters. The number of aromatic nitrogens is 1. The van der Waals surface area contributed by atoms with Crippen LogP contribution in [-0.2, 0) is 9.36 Å². The molecule has 8 heteroatoms. The lowest BCUT2D eigenvalue weighted by atomic mass is 9.92. The Labute approximate surface area is 220 Å². The van der Waals surface area contributed by atoms with Crippen LogP contribution in [0.2, 0.25) is 0 Å². The van der Waals surface area contributed by atoms with Crippen molar-refractivity contribution in [1.29, 1.82) is 0 Å². The second-order valence-electron chi connectivity index (χ2n) is 9.38. The number of carbonyl (C=O) groups is 1. The minimum absolute atomic E-state index is 0.121. The zero-order valence-corrected chi connectivity index (χ0v) is 21.8. The maximum Gasteiger partial charge on any atom is 0.305 e. The summed E-state index contributed by atoms with van der Waals surface area (Å²) >= 11 is 0. The smallest absolute Gasteiger partial charge is 0.305 e. The van der Waals surface area contributed by atoms with Gasteiger partial charge in [-0.25, -0.2) is 4.39 Å². The van der Waals surface area contributed by atoms with Gasteiger partial charge in [0.25, 0.3) is 7.37 Å². The summed E-state index contributed by atoms with van der Waals surface area (Å²) in [5.41, 5.74) is 6.23. The quantitative estimate of drug-likeness (QED) is 0.192. The molecule has 0 fully saturated rings. The van der Waals surface area contributed by atoms with Crippen molar-refractivity contribution in [3.8, 4) is 34.0 Å². The van der Waals surface area contributed by atoms with E-state index in [1.807, 2.05) is 62.4 Å². The van der Waals surface area contributed by atoms with Crippen molar-refractivity contribution in [2.45, 2.75) is 32.3 Å². The van der Waals surface area contributed by atoms with E-state index in [0.717, 1.165) is 16.3 Å². The zero-order valence-electron chi connectivity index (χ0n) is 20.9. The summed E-state index contributed by atoms with van der Waals surface area (Å²) in [4.78, 5) is 26.2. The molecular formula is C30H27FNO5P. The van der Waals surface area contributed by atoms with E-state index in [1.54, 1.807) is 12.1 Å². The predicted molar refractivity (Wildman–Crippen MR) is 146 cm³/mol. The fourth-order valence-electron chi connectivity index (χ4n) is 4.30. The first-order valence-electron chi connectivity index (χ1n) is 12.1. The van der Waals surface area contributed by atoms with Crippen LogP contribution in [0.4, 0.5) is 4.39 Å². The van der Waals surface area contributed by atoms with E-state index in [9.17, 15) is 23.7 Å². The summed E-state index contributed by atoms with van der Waals surface area (Å²) in [5.74, 6) is 1.01. The maximum absolute atomic E-state index is 13.8. The number of aliphatic hydroxyl groups is 1. The van der Waals surface area contributed by atoms with E-state index in [0.29, 0.717) is 28.1 Å². The largest absolute Gasteiger partial charge is 0.481 e. The fraction of sp³-hybridized carbons (Fsp3) is 0.200. The van der Waals surface area contributed by atoms with Crippen LogP contribution in [0.1, 0.15) is 37.4 Å². The van der Waals surface area contributed by atoms with Gasteiger partial charge in [-0.1, -0.05) is 74.4 Å². The van der Waals surface area contributed by atoms with Crippen LogP contribution in [0, 0.1) is 17.4 Å². The molecular weight excluding hydrogens is 504 g/mol. The molecule has 0 bridgehead atoms. The van der Waals surface area contributed by atoms with Crippen LogP contribution < -0.4 is 0 Å². The SMILES string of the molecule is CC(C)c1nc(-c2cccc3ccccc23)cc(-c2ccc(F)cc2)c1C#CP(=O)(O)CC(O)CC(=O)O. The van der Waals surface area contributed by atoms with Gasteiger partial charge in [-0.3, -0.25) is 14.3 Å². The molecule has 3 N–H and O–H groups in total. The van der Waals surface area contributed by atoms with Gasteiger partial charge >= 0.3 is 5.97 Å². The molecule has 0 radical (unpaired) electrons. The first-order chi connectivity index (χ1) is 18.0. The lowest BCUT2D eigenvalue weighted by Crippen LogP contribution is -2.17. The van der Waals surface area contributed by atoms with Crippen molar-refractivity contribution in [2.75, 3.05) is 6.16 Å². The van der Waals surface area contributed by atoms with Gasteiger partial charge in [-0.15, -0.1) is 0 Å². The molecule has 6 nitrogen and oxygen atoms in total. The van der Waals surface area contributed by atoms with Gasteiger partial charge in [0.1, 0.15) is 5.82 Å². The molecule has 0 saturated carbocycles. The third-order valence-electron chi connectivity index (χ3n) is 6.04. The molecule has 0 aliphatic carbocycles. The second-order valence-corrected chi connectivity index (χ2v) is 11.4. The van der Waals surface area contributed by atoms with E-state index >= 15 is 0 Å². The van der Waals surface area contributed by atoms with Crippen molar-refractivity contribution < 1.29 is 28.9 Å². The highest BCUT2D eigenvalue weighted by Gasteiger charge is 2.24. The van der Waals surface area contributed by atoms with Crippen LogP contribution in [-0.4, -0.2) is 38.3 Å². The van der Waals surface area contributed by atoms with Crippen molar-refractivity contribution in [1.82, 2.24) is 4.98 Å². The van der Waals surface area contributed by atoms with Gasteiger partial charge < -0.3 is 15.1 Å². The molecule has 0 saturated heterocycles. The highest BCUT2D eigenvalue weighted by molar-refractivity contribution is 7.63. The standard InChI is InChI=1S/C30H27FNO5P/c1-19(2)30-26(14-15-38(36,37)18-23(33)16-29(34)35)27(21-10-12-22(31)13-11-21)17-28(32-30)25-9-5-7-20-6-3-4-8-24(20)25/h3-13,17,19,23,33H,16,18H2,1-2H3,(H,34,35)(H,36,37). The molecule has 0 aliphatic heterocycles. The van der Waals surface area contributed by atoms with E-state index in [4.69, 9.17) is 10.1 Å². The van der Waals surface area contributed by atoms with E-state index in [1.165, 1.54) is 12.1 Å². The van der Waals surface area contributed by atoms with Gasteiger partial charge in [0, 0.05) is 11.1 Å². The average molecular weight is 532 g/mol. The summed E-state index contributed by atoms with van der Waals surface area (Å²) in [6.07, 6.45) is -2.84. The third kappa shape index (κ3) is 6.35. The normalized spacial score (nSPS) is 13.5. The highest BCUT2D eigenvalue weighted by Crippen LogP contribution is 2.41. The molecule has 38 heavy (non-hydrogen) atoms. The maximum atomic E-state index is 13.8. The number of pyridine rings is 1. The van der Waals surface area contributed by atoms with Gasteiger partial charge in [0.15, 0.2) is 0 Å². The Balaban J connectivity index is 1.92. The third-order valence-corrected chi connectivity index (χ3v) is 7.42. The van der Waals surface area contributed by atoms with Gasteiger partial charge in [-0.2, -0.15) is 0 Å². The molecule has 0 aliphatic rings. The Morgan fingerprint density at radius 3 is 2.39 bits per heavy atom. The number of carboxylic acid groups (broad SMARTS) is 1. The molecule has 0 spiro atoms. The molecule has 1 heterocycles. The molecule has 3 aromatic carbocycles. The fourth-order valence-corrected chi connectivity index (χ4v) is 5.38. The Bertz CT molecular complexity index is 1600. The van der Waals surface area contributed by atoms with Crippen LogP contribution in [0.15, 0.2) is 72.8 Å². The Morgan fingerprint density at radius 2 is 1.71 bits per heavy atom. The molecule has 4 aromatic rings. The zero-order chi connectivity index (χ0) is 27.4. The molecule has 0 amide bonds. The number of hydrogen-bond acceptors (Lipinski definition) is 4. The number of rotatable bonds is 7. The molecule has 1 aromatic heterocycles. The van der Waals surface area contributed by atoms with Crippen LogP contribution in [0.25, 0.3) is 33.2 Å². The monoisotopic (exact) mass is 531 g/mol. The predicted octanol–water partition coefficient (Wildman–Crippen LogP) is 6.25. The Hall–Kier alpha value is -3.82. The van der Waals surface area contributed by atoms with E-state index < -0.39 is 37.8 Å². The van der Waals surface area contributed by atoms with E-state index in [-0.39, 0.29) is 5.92 Å². The molecule has 4 rings (SSSR count). The number of fused-ring (bicyclic) bond motifs is 1.